The van der Waals surface area contributed by atoms with Crippen molar-refractivity contribution in [3.05, 3.63) is 66.2 Å². The van der Waals surface area contributed by atoms with Crippen LogP contribution < -0.4 is 0 Å². The minimum atomic E-state index is 0.405. The molecule has 0 heteroatoms. The molecule has 0 aliphatic heterocycles. The van der Waals surface area contributed by atoms with Gasteiger partial charge in [0.1, 0.15) is 0 Å². The van der Waals surface area contributed by atoms with Crippen LogP contribution in [0, 0.1) is 0 Å². The van der Waals surface area contributed by atoms with Crippen LogP contribution in [0.5, 0.6) is 0 Å². The third kappa shape index (κ3) is 2.81. The molecule has 2 aromatic rings. The summed E-state index contributed by atoms with van der Waals surface area (Å²) in [7, 11) is 0. The van der Waals surface area contributed by atoms with E-state index >= 15 is 0 Å². The Balaban J connectivity index is 1.85. The van der Waals surface area contributed by atoms with E-state index < -0.39 is 0 Å². The fourth-order valence-corrected chi connectivity index (χ4v) is 3.46. The number of hydrogen-bond donors (Lipinski definition) is 0. The smallest absolute Gasteiger partial charge is 0.00752 e. The van der Waals surface area contributed by atoms with Gasteiger partial charge in [0.25, 0.3) is 0 Å². The Bertz CT molecular complexity index is 623. The first-order valence-corrected chi connectivity index (χ1v) is 7.95. The average molecular weight is 276 g/mol. The van der Waals surface area contributed by atoms with Crippen LogP contribution in [-0.2, 0) is 5.41 Å². The molecule has 0 radical (unpaired) electrons. The van der Waals surface area contributed by atoms with Gasteiger partial charge < -0.3 is 0 Å². The van der Waals surface area contributed by atoms with Gasteiger partial charge in [0.05, 0.1) is 0 Å². The fraction of sp³-hybridized carbons (Fsp3) is 0.333. The fourth-order valence-electron chi connectivity index (χ4n) is 3.46. The lowest BCUT2D eigenvalue weighted by atomic mass is 9.80. The van der Waals surface area contributed by atoms with Gasteiger partial charge in [0.15, 0.2) is 0 Å². The monoisotopic (exact) mass is 276 g/mol. The molecule has 0 atom stereocenters. The minimum Gasteiger partial charge on any atom is -0.0955 e. The third-order valence-corrected chi connectivity index (χ3v) is 5.00. The zero-order valence-corrected chi connectivity index (χ0v) is 13.2. The normalized spacial score (nSPS) is 16.9. The summed E-state index contributed by atoms with van der Waals surface area (Å²) in [6.45, 7) is 8.45. The average Bonchev–Trinajstić information content (AvgIpc) is 2.96. The van der Waals surface area contributed by atoms with E-state index in [1.165, 1.54) is 47.9 Å². The highest BCUT2D eigenvalue weighted by Crippen LogP contribution is 2.40. The molecule has 0 spiro atoms. The van der Waals surface area contributed by atoms with E-state index in [4.69, 9.17) is 0 Å². The number of hydrogen-bond acceptors (Lipinski definition) is 0. The predicted octanol–water partition coefficient (Wildman–Crippen LogP) is 6.22. The van der Waals surface area contributed by atoms with Gasteiger partial charge in [0.2, 0.25) is 0 Å². The van der Waals surface area contributed by atoms with Crippen molar-refractivity contribution in [2.45, 2.75) is 44.9 Å². The standard InChI is InChI=1S/C21H24/c1-16(2)17-6-8-18(9-7-17)19-10-12-20(13-11-19)21(3)14-4-5-15-21/h6-13H,1,4-5,14-15H2,2-3H3. The molecule has 3 rings (SSSR count). The first-order chi connectivity index (χ1) is 10.1. The van der Waals surface area contributed by atoms with E-state index in [0.717, 1.165) is 5.57 Å². The molecular weight excluding hydrogens is 252 g/mol. The lowest BCUT2D eigenvalue weighted by Crippen LogP contribution is -2.16. The minimum absolute atomic E-state index is 0.405. The summed E-state index contributed by atoms with van der Waals surface area (Å²) >= 11 is 0. The van der Waals surface area contributed by atoms with Crippen LogP contribution in [0.2, 0.25) is 0 Å². The Hall–Kier alpha value is -1.82. The van der Waals surface area contributed by atoms with Gasteiger partial charge >= 0.3 is 0 Å². The Labute approximate surface area is 128 Å². The molecule has 1 saturated carbocycles. The van der Waals surface area contributed by atoms with Crippen molar-refractivity contribution < 1.29 is 0 Å². The molecule has 1 aliphatic carbocycles. The first kappa shape index (κ1) is 14.1. The van der Waals surface area contributed by atoms with Crippen LogP contribution in [-0.4, -0.2) is 0 Å². The molecule has 21 heavy (non-hydrogen) atoms. The molecule has 0 nitrogen and oxygen atoms in total. The zero-order chi connectivity index (χ0) is 14.9. The van der Waals surface area contributed by atoms with Gasteiger partial charge in [-0.25, -0.2) is 0 Å². The number of allylic oxidation sites excluding steroid dienone is 1. The van der Waals surface area contributed by atoms with Crippen molar-refractivity contribution in [2.24, 2.45) is 0 Å². The molecule has 108 valence electrons. The SMILES string of the molecule is C=C(C)c1ccc(-c2ccc(C3(C)CCCC3)cc2)cc1. The van der Waals surface area contributed by atoms with Gasteiger partial charge in [-0.15, -0.1) is 0 Å². The Morgan fingerprint density at radius 1 is 0.857 bits per heavy atom. The predicted molar refractivity (Wildman–Crippen MR) is 92.4 cm³/mol. The summed E-state index contributed by atoms with van der Waals surface area (Å²) in [6, 6.07) is 17.9. The summed E-state index contributed by atoms with van der Waals surface area (Å²) < 4.78 is 0. The van der Waals surface area contributed by atoms with Crippen LogP contribution in [0.1, 0.15) is 50.7 Å². The first-order valence-electron chi connectivity index (χ1n) is 7.95. The summed E-state index contributed by atoms with van der Waals surface area (Å²) in [6.07, 6.45) is 5.42. The highest BCUT2D eigenvalue weighted by atomic mass is 14.3. The molecular formula is C21H24. The maximum absolute atomic E-state index is 3.99. The molecule has 1 aliphatic rings. The van der Waals surface area contributed by atoms with E-state index in [9.17, 15) is 0 Å². The van der Waals surface area contributed by atoms with Crippen molar-refractivity contribution in [2.75, 3.05) is 0 Å². The highest BCUT2D eigenvalue weighted by molar-refractivity contribution is 5.68. The Morgan fingerprint density at radius 2 is 1.33 bits per heavy atom. The van der Waals surface area contributed by atoms with Gasteiger partial charge in [0, 0.05) is 0 Å². The molecule has 0 bridgehead atoms. The van der Waals surface area contributed by atoms with E-state index in [1.54, 1.807) is 0 Å². The van der Waals surface area contributed by atoms with Crippen LogP contribution in [0.3, 0.4) is 0 Å². The van der Waals surface area contributed by atoms with Gasteiger partial charge in [-0.05, 0) is 47.4 Å². The largest absolute Gasteiger partial charge is 0.0955 e. The third-order valence-electron chi connectivity index (χ3n) is 5.00. The van der Waals surface area contributed by atoms with E-state index in [0.29, 0.717) is 5.41 Å². The van der Waals surface area contributed by atoms with Crippen LogP contribution in [0.4, 0.5) is 0 Å². The second-order valence-corrected chi connectivity index (χ2v) is 6.70. The van der Waals surface area contributed by atoms with Crippen LogP contribution >= 0.6 is 0 Å². The van der Waals surface area contributed by atoms with Crippen molar-refractivity contribution in [3.63, 3.8) is 0 Å². The Kier molecular flexibility index (Phi) is 3.71. The summed E-state index contributed by atoms with van der Waals surface area (Å²) in [4.78, 5) is 0. The maximum atomic E-state index is 3.99. The lowest BCUT2D eigenvalue weighted by molar-refractivity contribution is 0.491. The van der Waals surface area contributed by atoms with E-state index in [1.807, 2.05) is 6.92 Å². The molecule has 0 heterocycles. The molecule has 1 fully saturated rings. The molecule has 0 amide bonds. The topological polar surface area (TPSA) is 0 Å². The van der Waals surface area contributed by atoms with Gasteiger partial charge in [-0.3, -0.25) is 0 Å². The quantitative estimate of drug-likeness (QED) is 0.624. The second-order valence-electron chi connectivity index (χ2n) is 6.70. The molecule has 0 aromatic heterocycles. The van der Waals surface area contributed by atoms with E-state index in [-0.39, 0.29) is 0 Å². The highest BCUT2D eigenvalue weighted by Gasteiger charge is 2.30. The summed E-state index contributed by atoms with van der Waals surface area (Å²) in [5.74, 6) is 0. The maximum Gasteiger partial charge on any atom is -0.00752 e. The summed E-state index contributed by atoms with van der Waals surface area (Å²) in [5.41, 5.74) is 6.82. The van der Waals surface area contributed by atoms with Crippen LogP contribution in [0.15, 0.2) is 55.1 Å². The second kappa shape index (κ2) is 5.52. The van der Waals surface area contributed by atoms with E-state index in [2.05, 4.69) is 62.0 Å². The molecule has 2 aromatic carbocycles. The van der Waals surface area contributed by atoms with Crippen molar-refractivity contribution in [3.8, 4) is 11.1 Å². The van der Waals surface area contributed by atoms with Gasteiger partial charge in [-0.2, -0.15) is 0 Å². The number of benzene rings is 2. The Morgan fingerprint density at radius 3 is 1.81 bits per heavy atom. The molecule has 0 unspecified atom stereocenters. The molecule has 0 saturated heterocycles. The number of rotatable bonds is 3. The summed E-state index contributed by atoms with van der Waals surface area (Å²) in [5, 5.41) is 0. The lowest BCUT2D eigenvalue weighted by Gasteiger charge is -2.24. The van der Waals surface area contributed by atoms with Crippen LogP contribution in [0.25, 0.3) is 16.7 Å². The van der Waals surface area contributed by atoms with Gasteiger partial charge in [-0.1, -0.05) is 80.4 Å². The van der Waals surface area contributed by atoms with Crippen molar-refractivity contribution in [1.29, 1.82) is 0 Å². The van der Waals surface area contributed by atoms with Crippen molar-refractivity contribution >= 4 is 5.57 Å². The molecule has 0 N–H and O–H groups in total. The van der Waals surface area contributed by atoms with Crippen molar-refractivity contribution in [1.82, 2.24) is 0 Å². The zero-order valence-electron chi connectivity index (χ0n) is 13.2.